The van der Waals surface area contributed by atoms with E-state index in [-0.39, 0.29) is 5.75 Å². The molecule has 1 aromatic carbocycles. The Morgan fingerprint density at radius 3 is 2.20 bits per heavy atom. The van der Waals surface area contributed by atoms with Crippen LogP contribution in [-0.2, 0) is 5.60 Å². The smallest absolute Gasteiger partial charge is 0.165 e. The van der Waals surface area contributed by atoms with Gasteiger partial charge in [0.1, 0.15) is 5.75 Å². The van der Waals surface area contributed by atoms with Crippen LogP contribution in [0.1, 0.15) is 19.4 Å². The second-order valence-electron chi connectivity index (χ2n) is 3.72. The Labute approximate surface area is 88.4 Å². The normalized spacial score (nSPS) is 11.3. The summed E-state index contributed by atoms with van der Waals surface area (Å²) in [5.74, 6) is -0.0991. The molecular weight excluding hydrogens is 199 g/mol. The Morgan fingerprint density at radius 1 is 1.20 bits per heavy atom. The Balaban J connectivity index is 3.48. The van der Waals surface area contributed by atoms with Crippen LogP contribution in [0.25, 0.3) is 0 Å². The molecule has 0 heterocycles. The third-order valence-corrected chi connectivity index (χ3v) is 2.11. The highest BCUT2D eigenvalue weighted by molar-refractivity contribution is 5.48. The van der Waals surface area contributed by atoms with Crippen LogP contribution in [0.3, 0.4) is 0 Å². The SMILES string of the molecule is COc1ccc(F)c(OC)c1C(C)(C)O. The molecule has 0 aromatic heterocycles. The van der Waals surface area contributed by atoms with Crippen molar-refractivity contribution in [2.24, 2.45) is 0 Å². The Kier molecular flexibility index (Phi) is 3.19. The van der Waals surface area contributed by atoms with Crippen LogP contribution in [0.15, 0.2) is 12.1 Å². The maximum atomic E-state index is 13.4. The average molecular weight is 214 g/mol. The summed E-state index contributed by atoms with van der Waals surface area (Å²) < 4.78 is 23.4. The van der Waals surface area contributed by atoms with Crippen LogP contribution in [0.2, 0.25) is 0 Å². The number of benzene rings is 1. The quantitative estimate of drug-likeness (QED) is 0.837. The lowest BCUT2D eigenvalue weighted by molar-refractivity contribution is 0.0718. The Bertz CT molecular complexity index is 356. The van der Waals surface area contributed by atoms with Gasteiger partial charge in [0.15, 0.2) is 11.6 Å². The van der Waals surface area contributed by atoms with Crippen molar-refractivity contribution in [3.63, 3.8) is 0 Å². The van der Waals surface area contributed by atoms with Crippen molar-refractivity contribution in [1.29, 1.82) is 0 Å². The minimum Gasteiger partial charge on any atom is -0.496 e. The molecule has 84 valence electrons. The molecule has 0 atom stereocenters. The molecule has 0 amide bonds. The lowest BCUT2D eigenvalue weighted by Crippen LogP contribution is -2.18. The molecule has 1 N–H and O–H groups in total. The summed E-state index contributed by atoms with van der Waals surface area (Å²) in [6.07, 6.45) is 0. The average Bonchev–Trinajstić information content (AvgIpc) is 2.15. The van der Waals surface area contributed by atoms with Crippen molar-refractivity contribution >= 4 is 0 Å². The molecule has 0 fully saturated rings. The van der Waals surface area contributed by atoms with E-state index in [1.165, 1.54) is 26.4 Å². The molecule has 1 aromatic rings. The van der Waals surface area contributed by atoms with Gasteiger partial charge in [0, 0.05) is 0 Å². The zero-order valence-corrected chi connectivity index (χ0v) is 9.30. The molecule has 3 nitrogen and oxygen atoms in total. The van der Waals surface area contributed by atoms with E-state index in [9.17, 15) is 9.50 Å². The van der Waals surface area contributed by atoms with Crippen molar-refractivity contribution in [2.75, 3.05) is 14.2 Å². The van der Waals surface area contributed by atoms with Gasteiger partial charge in [0.25, 0.3) is 0 Å². The highest BCUT2D eigenvalue weighted by atomic mass is 19.1. The number of ether oxygens (including phenoxy) is 2. The first-order valence-electron chi connectivity index (χ1n) is 4.55. The first kappa shape index (κ1) is 11.8. The molecule has 0 unspecified atom stereocenters. The predicted octanol–water partition coefficient (Wildman–Crippen LogP) is 2.07. The number of hydrogen-bond donors (Lipinski definition) is 1. The maximum Gasteiger partial charge on any atom is 0.165 e. The van der Waals surface area contributed by atoms with Crippen molar-refractivity contribution in [3.8, 4) is 11.5 Å². The summed E-state index contributed by atoms with van der Waals surface area (Å²) in [7, 11) is 2.81. The molecule has 0 radical (unpaired) electrons. The summed E-state index contributed by atoms with van der Waals surface area (Å²) in [6.45, 7) is 3.10. The second-order valence-corrected chi connectivity index (χ2v) is 3.72. The monoisotopic (exact) mass is 214 g/mol. The molecule has 4 heteroatoms. The number of halogens is 1. The number of methoxy groups -OCH3 is 2. The third kappa shape index (κ3) is 2.21. The second kappa shape index (κ2) is 4.06. The van der Waals surface area contributed by atoms with E-state index in [4.69, 9.17) is 9.47 Å². The van der Waals surface area contributed by atoms with Crippen LogP contribution in [0.5, 0.6) is 11.5 Å². The van der Waals surface area contributed by atoms with E-state index in [1.807, 2.05) is 0 Å². The van der Waals surface area contributed by atoms with Crippen molar-refractivity contribution in [2.45, 2.75) is 19.4 Å². The molecule has 15 heavy (non-hydrogen) atoms. The van der Waals surface area contributed by atoms with E-state index in [1.54, 1.807) is 13.8 Å². The van der Waals surface area contributed by atoms with Crippen LogP contribution < -0.4 is 9.47 Å². The predicted molar refractivity (Wildman–Crippen MR) is 54.7 cm³/mol. The van der Waals surface area contributed by atoms with Crippen molar-refractivity contribution in [1.82, 2.24) is 0 Å². The minimum absolute atomic E-state index is 0.0156. The molecule has 0 spiro atoms. The Morgan fingerprint density at radius 2 is 1.80 bits per heavy atom. The van der Waals surface area contributed by atoms with Gasteiger partial charge in [0.2, 0.25) is 0 Å². The largest absolute Gasteiger partial charge is 0.496 e. The highest BCUT2D eigenvalue weighted by Gasteiger charge is 2.27. The van der Waals surface area contributed by atoms with Gasteiger partial charge in [-0.2, -0.15) is 0 Å². The molecule has 0 saturated carbocycles. The van der Waals surface area contributed by atoms with Gasteiger partial charge in [-0.1, -0.05) is 0 Å². The summed E-state index contributed by atoms with van der Waals surface area (Å²) in [5.41, 5.74) is -0.911. The third-order valence-electron chi connectivity index (χ3n) is 2.11. The summed E-state index contributed by atoms with van der Waals surface area (Å²) >= 11 is 0. The number of rotatable bonds is 3. The number of aliphatic hydroxyl groups is 1. The first-order chi connectivity index (χ1) is 6.91. The van der Waals surface area contributed by atoms with Crippen molar-refractivity contribution < 1.29 is 19.0 Å². The van der Waals surface area contributed by atoms with E-state index in [2.05, 4.69) is 0 Å². The van der Waals surface area contributed by atoms with Gasteiger partial charge in [-0.15, -0.1) is 0 Å². The topological polar surface area (TPSA) is 38.7 Å². The standard InChI is InChI=1S/C11H15FO3/c1-11(2,13)9-8(14-3)6-5-7(12)10(9)15-4/h5-6,13H,1-4H3. The first-order valence-corrected chi connectivity index (χ1v) is 4.55. The fourth-order valence-electron chi connectivity index (χ4n) is 1.49. The van der Waals surface area contributed by atoms with E-state index in [0.717, 1.165) is 0 Å². The molecule has 0 aliphatic carbocycles. The van der Waals surface area contributed by atoms with Gasteiger partial charge in [-0.05, 0) is 26.0 Å². The zero-order chi connectivity index (χ0) is 11.6. The molecule has 0 saturated heterocycles. The van der Waals surface area contributed by atoms with Gasteiger partial charge < -0.3 is 14.6 Å². The summed E-state index contributed by atoms with van der Waals surface area (Å²) in [5, 5.41) is 9.91. The van der Waals surface area contributed by atoms with Crippen LogP contribution in [0, 0.1) is 5.82 Å². The van der Waals surface area contributed by atoms with Gasteiger partial charge in [-0.3, -0.25) is 0 Å². The molecule has 0 bridgehead atoms. The molecule has 1 rings (SSSR count). The maximum absolute atomic E-state index is 13.4. The zero-order valence-electron chi connectivity index (χ0n) is 9.30. The summed E-state index contributed by atoms with van der Waals surface area (Å²) in [4.78, 5) is 0. The van der Waals surface area contributed by atoms with Gasteiger partial charge in [0.05, 0.1) is 25.4 Å². The Hall–Kier alpha value is -1.29. The fourth-order valence-corrected chi connectivity index (χ4v) is 1.49. The van der Waals surface area contributed by atoms with Crippen molar-refractivity contribution in [3.05, 3.63) is 23.5 Å². The van der Waals surface area contributed by atoms with Crippen LogP contribution >= 0.6 is 0 Å². The van der Waals surface area contributed by atoms with Gasteiger partial charge in [-0.25, -0.2) is 4.39 Å². The number of hydrogen-bond acceptors (Lipinski definition) is 3. The highest BCUT2D eigenvalue weighted by Crippen LogP contribution is 2.38. The van der Waals surface area contributed by atoms with E-state index < -0.39 is 11.4 Å². The fraction of sp³-hybridized carbons (Fsp3) is 0.455. The van der Waals surface area contributed by atoms with Crippen LogP contribution in [0.4, 0.5) is 4.39 Å². The van der Waals surface area contributed by atoms with Crippen LogP contribution in [-0.4, -0.2) is 19.3 Å². The van der Waals surface area contributed by atoms with Gasteiger partial charge >= 0.3 is 0 Å². The molecule has 0 aliphatic rings. The lowest BCUT2D eigenvalue weighted by atomic mass is 9.96. The minimum atomic E-state index is -1.22. The van der Waals surface area contributed by atoms with E-state index >= 15 is 0 Å². The molecule has 0 aliphatic heterocycles. The lowest BCUT2D eigenvalue weighted by Gasteiger charge is -2.23. The summed E-state index contributed by atoms with van der Waals surface area (Å²) in [6, 6.07) is 2.71. The molecular formula is C11H15FO3. The van der Waals surface area contributed by atoms with E-state index in [0.29, 0.717) is 11.3 Å².